The SMILES string of the molecule is COc1cccc2[nH]c(C(=O)NCC(=O)N[C@@H](C[C@@H]3CCCNC3=O)C(=O)COc3ccc(C)cc3)cc12. The van der Waals surface area contributed by atoms with Gasteiger partial charge in [0.15, 0.2) is 5.78 Å². The summed E-state index contributed by atoms with van der Waals surface area (Å²) in [6.07, 6.45) is 1.59. The minimum atomic E-state index is -0.934. The van der Waals surface area contributed by atoms with Crippen LogP contribution in [0.2, 0.25) is 0 Å². The van der Waals surface area contributed by atoms with Gasteiger partial charge in [-0.15, -0.1) is 0 Å². The molecule has 1 aliphatic heterocycles. The number of aromatic nitrogens is 1. The average Bonchev–Trinajstić information content (AvgIpc) is 3.37. The number of ketones is 1. The van der Waals surface area contributed by atoms with E-state index < -0.39 is 23.8 Å². The molecule has 1 aromatic heterocycles. The molecule has 2 atom stereocenters. The van der Waals surface area contributed by atoms with Crippen LogP contribution in [0.1, 0.15) is 35.3 Å². The lowest BCUT2D eigenvalue weighted by atomic mass is 9.90. The predicted octanol–water partition coefficient (Wildman–Crippen LogP) is 2.26. The molecule has 1 aliphatic rings. The number of ether oxygens (including phenoxy) is 2. The zero-order valence-electron chi connectivity index (χ0n) is 21.5. The molecule has 4 N–H and O–H groups in total. The van der Waals surface area contributed by atoms with E-state index in [1.807, 2.05) is 25.1 Å². The summed E-state index contributed by atoms with van der Waals surface area (Å²) in [4.78, 5) is 53.8. The maximum atomic E-state index is 13.0. The Kier molecular flexibility index (Phi) is 8.62. The van der Waals surface area contributed by atoms with Crippen LogP contribution in [0.3, 0.4) is 0 Å². The topological polar surface area (TPSA) is 139 Å². The Hall–Kier alpha value is -4.34. The summed E-state index contributed by atoms with van der Waals surface area (Å²) in [5, 5.41) is 8.81. The molecule has 0 unspecified atom stereocenters. The Morgan fingerprint density at radius 1 is 1.13 bits per heavy atom. The third-order valence-corrected chi connectivity index (χ3v) is 6.54. The fourth-order valence-corrected chi connectivity index (χ4v) is 4.43. The molecule has 0 aliphatic carbocycles. The minimum Gasteiger partial charge on any atom is -0.496 e. The van der Waals surface area contributed by atoms with Crippen LogP contribution in [-0.2, 0) is 14.4 Å². The number of benzene rings is 2. The summed E-state index contributed by atoms with van der Waals surface area (Å²) in [5.41, 5.74) is 2.06. The van der Waals surface area contributed by atoms with Crippen molar-refractivity contribution >= 4 is 34.4 Å². The highest BCUT2D eigenvalue weighted by molar-refractivity contribution is 6.01. The smallest absolute Gasteiger partial charge is 0.268 e. The van der Waals surface area contributed by atoms with Gasteiger partial charge < -0.3 is 30.4 Å². The van der Waals surface area contributed by atoms with Gasteiger partial charge in [0.1, 0.15) is 23.8 Å². The van der Waals surface area contributed by atoms with Gasteiger partial charge in [0.2, 0.25) is 11.8 Å². The molecule has 0 radical (unpaired) electrons. The Morgan fingerprint density at radius 3 is 2.66 bits per heavy atom. The molecule has 0 spiro atoms. The summed E-state index contributed by atoms with van der Waals surface area (Å²) in [6, 6.07) is 13.4. The molecule has 200 valence electrons. The van der Waals surface area contributed by atoms with Crippen molar-refractivity contribution in [1.82, 2.24) is 20.9 Å². The Balaban J connectivity index is 1.37. The summed E-state index contributed by atoms with van der Waals surface area (Å²) >= 11 is 0. The largest absolute Gasteiger partial charge is 0.496 e. The summed E-state index contributed by atoms with van der Waals surface area (Å²) in [5.74, 6) is -0.749. The van der Waals surface area contributed by atoms with E-state index >= 15 is 0 Å². The lowest BCUT2D eigenvalue weighted by Crippen LogP contribution is -2.49. The van der Waals surface area contributed by atoms with E-state index in [2.05, 4.69) is 20.9 Å². The van der Waals surface area contributed by atoms with Crippen LogP contribution in [0, 0.1) is 12.8 Å². The molecule has 10 nitrogen and oxygen atoms in total. The van der Waals surface area contributed by atoms with Gasteiger partial charge in [-0.2, -0.15) is 0 Å². The van der Waals surface area contributed by atoms with Gasteiger partial charge in [0.25, 0.3) is 5.91 Å². The van der Waals surface area contributed by atoms with Crippen molar-refractivity contribution < 1.29 is 28.7 Å². The van der Waals surface area contributed by atoms with Crippen LogP contribution in [0.15, 0.2) is 48.5 Å². The third kappa shape index (κ3) is 6.70. The molecule has 3 aromatic rings. The highest BCUT2D eigenvalue weighted by Crippen LogP contribution is 2.26. The Bertz CT molecular complexity index is 1320. The van der Waals surface area contributed by atoms with Gasteiger partial charge in [-0.1, -0.05) is 23.8 Å². The lowest BCUT2D eigenvalue weighted by Gasteiger charge is -2.26. The fraction of sp³-hybridized carbons (Fsp3) is 0.357. The number of aromatic amines is 1. The second kappa shape index (κ2) is 12.3. The number of piperidine rings is 1. The number of fused-ring (bicyclic) bond motifs is 1. The first-order valence-corrected chi connectivity index (χ1v) is 12.6. The first kappa shape index (κ1) is 26.7. The van der Waals surface area contributed by atoms with Crippen molar-refractivity contribution in [3.05, 3.63) is 59.8 Å². The Labute approximate surface area is 220 Å². The molecule has 10 heteroatoms. The first-order chi connectivity index (χ1) is 18.3. The zero-order chi connectivity index (χ0) is 27.1. The van der Waals surface area contributed by atoms with E-state index in [4.69, 9.17) is 9.47 Å². The fourth-order valence-electron chi connectivity index (χ4n) is 4.43. The van der Waals surface area contributed by atoms with Crippen LogP contribution in [0.4, 0.5) is 0 Å². The van der Waals surface area contributed by atoms with Crippen molar-refractivity contribution in [1.29, 1.82) is 0 Å². The van der Waals surface area contributed by atoms with E-state index in [0.29, 0.717) is 24.5 Å². The molecule has 1 fully saturated rings. The van der Waals surface area contributed by atoms with E-state index in [1.165, 1.54) is 0 Å². The summed E-state index contributed by atoms with van der Waals surface area (Å²) in [6.45, 7) is 1.95. The van der Waals surface area contributed by atoms with Crippen LogP contribution in [0.25, 0.3) is 10.9 Å². The Morgan fingerprint density at radius 2 is 1.92 bits per heavy atom. The number of aryl methyl sites for hydroxylation is 1. The van der Waals surface area contributed by atoms with Gasteiger partial charge in [0.05, 0.1) is 19.7 Å². The molecule has 2 aromatic carbocycles. The highest BCUT2D eigenvalue weighted by atomic mass is 16.5. The van der Waals surface area contributed by atoms with Gasteiger partial charge in [0, 0.05) is 23.4 Å². The standard InChI is InChI=1S/C28H32N4O6/c1-17-8-10-19(11-9-17)38-16-24(33)22(13-18-5-4-12-29-27(18)35)32-26(34)15-30-28(36)23-14-20-21(31-23)6-3-7-25(20)37-2/h3,6-11,14,18,22,31H,4-5,12-13,15-16H2,1-2H3,(H,29,35)(H,30,36)(H,32,34)/t18-,22-/m0/s1. The summed E-state index contributed by atoms with van der Waals surface area (Å²) in [7, 11) is 1.55. The average molecular weight is 521 g/mol. The molecule has 3 amide bonds. The molecule has 4 rings (SSSR count). The van der Waals surface area contributed by atoms with E-state index in [1.54, 1.807) is 37.4 Å². The molecular weight excluding hydrogens is 488 g/mol. The molecule has 38 heavy (non-hydrogen) atoms. The predicted molar refractivity (Wildman–Crippen MR) is 141 cm³/mol. The van der Waals surface area contributed by atoms with Crippen LogP contribution in [-0.4, -0.2) is 61.3 Å². The highest BCUT2D eigenvalue weighted by Gasteiger charge is 2.30. The second-order valence-electron chi connectivity index (χ2n) is 9.34. The number of nitrogens with one attached hydrogen (secondary N) is 4. The number of H-pyrrole nitrogens is 1. The molecule has 1 saturated heterocycles. The normalized spacial score (nSPS) is 15.8. The number of carbonyl (C=O) groups excluding carboxylic acids is 4. The van der Waals surface area contributed by atoms with Gasteiger partial charge in [-0.25, -0.2) is 0 Å². The van der Waals surface area contributed by atoms with E-state index in [0.717, 1.165) is 22.9 Å². The number of hydrogen-bond acceptors (Lipinski definition) is 6. The second-order valence-corrected chi connectivity index (χ2v) is 9.34. The number of carbonyl (C=O) groups is 4. The van der Waals surface area contributed by atoms with Crippen molar-refractivity contribution in [3.8, 4) is 11.5 Å². The van der Waals surface area contributed by atoms with Gasteiger partial charge in [-0.3, -0.25) is 19.2 Å². The number of methoxy groups -OCH3 is 1. The maximum Gasteiger partial charge on any atom is 0.268 e. The van der Waals surface area contributed by atoms with Crippen molar-refractivity contribution in [3.63, 3.8) is 0 Å². The van der Waals surface area contributed by atoms with Crippen LogP contribution < -0.4 is 25.4 Å². The van der Waals surface area contributed by atoms with Crippen LogP contribution >= 0.6 is 0 Å². The maximum absolute atomic E-state index is 13.0. The minimum absolute atomic E-state index is 0.134. The number of hydrogen-bond donors (Lipinski definition) is 4. The monoisotopic (exact) mass is 520 g/mol. The molecule has 2 heterocycles. The number of Topliss-reactive ketones (excluding diaryl/α,β-unsaturated/α-hetero) is 1. The van der Waals surface area contributed by atoms with Crippen molar-refractivity contribution in [2.75, 3.05) is 26.8 Å². The first-order valence-electron chi connectivity index (χ1n) is 12.6. The summed E-state index contributed by atoms with van der Waals surface area (Å²) < 4.78 is 10.9. The lowest BCUT2D eigenvalue weighted by molar-refractivity contribution is -0.131. The van der Waals surface area contributed by atoms with E-state index in [-0.39, 0.29) is 37.0 Å². The van der Waals surface area contributed by atoms with Gasteiger partial charge >= 0.3 is 0 Å². The van der Waals surface area contributed by atoms with Gasteiger partial charge in [-0.05, 0) is 56.5 Å². The third-order valence-electron chi connectivity index (χ3n) is 6.54. The number of amides is 3. The van der Waals surface area contributed by atoms with Crippen molar-refractivity contribution in [2.24, 2.45) is 5.92 Å². The molecule has 0 bridgehead atoms. The quantitative estimate of drug-likeness (QED) is 0.306. The zero-order valence-corrected chi connectivity index (χ0v) is 21.5. The molecular formula is C28H32N4O6. The van der Waals surface area contributed by atoms with Crippen molar-refractivity contribution in [2.45, 2.75) is 32.2 Å². The number of rotatable bonds is 11. The molecule has 0 saturated carbocycles. The van der Waals surface area contributed by atoms with Crippen LogP contribution in [0.5, 0.6) is 11.5 Å². The van der Waals surface area contributed by atoms with E-state index in [9.17, 15) is 19.2 Å².